The first-order chi connectivity index (χ1) is 10.6. The molecule has 2 aromatic rings. The number of imidazole rings is 1. The predicted molar refractivity (Wildman–Crippen MR) is 79.0 cm³/mol. The normalized spacial score (nSPS) is 17.8. The molecule has 0 saturated heterocycles. The molecule has 0 spiro atoms. The Kier molecular flexibility index (Phi) is 4.18. The molecule has 0 aliphatic heterocycles. The molecule has 1 aliphatic rings. The van der Waals surface area contributed by atoms with Gasteiger partial charge in [-0.2, -0.15) is 0 Å². The molecule has 2 N–H and O–H groups in total. The fourth-order valence-electron chi connectivity index (χ4n) is 2.71. The Morgan fingerprint density at radius 3 is 3.00 bits per heavy atom. The van der Waals surface area contributed by atoms with Crippen LogP contribution in [0.1, 0.15) is 31.5 Å². The summed E-state index contributed by atoms with van der Waals surface area (Å²) in [5.41, 5.74) is 0.377. The number of carbonyl (C=O) groups excluding carboxylic acids is 1. The van der Waals surface area contributed by atoms with Gasteiger partial charge in [-0.05, 0) is 37.3 Å². The van der Waals surface area contributed by atoms with Crippen LogP contribution in [0.2, 0.25) is 0 Å². The lowest BCUT2D eigenvalue weighted by atomic mass is 9.91. The van der Waals surface area contributed by atoms with Crippen LogP contribution in [-0.2, 0) is 11.3 Å². The molecule has 3 rings (SSSR count). The Morgan fingerprint density at radius 2 is 2.23 bits per heavy atom. The van der Waals surface area contributed by atoms with Gasteiger partial charge in [0, 0.05) is 6.42 Å². The molecule has 6 heteroatoms. The van der Waals surface area contributed by atoms with E-state index >= 15 is 0 Å². The lowest BCUT2D eigenvalue weighted by molar-refractivity contribution is -0.122. The molecule has 0 bridgehead atoms. The molecule has 1 amide bonds. The van der Waals surface area contributed by atoms with Crippen LogP contribution in [-0.4, -0.2) is 15.9 Å². The minimum atomic E-state index is -0.972. The number of aromatic amines is 1. The number of aromatic nitrogens is 2. The van der Waals surface area contributed by atoms with Gasteiger partial charge < -0.3 is 10.3 Å². The third-order valence-electron chi connectivity index (χ3n) is 3.90. The number of fused-ring (bicyclic) bond motifs is 1. The summed E-state index contributed by atoms with van der Waals surface area (Å²) in [4.78, 5) is 18.8. The Balaban J connectivity index is 1.60. The van der Waals surface area contributed by atoms with E-state index in [0.717, 1.165) is 25.3 Å². The molecule has 1 aromatic carbocycles. The van der Waals surface area contributed by atoms with E-state index in [4.69, 9.17) is 0 Å². The average molecular weight is 305 g/mol. The van der Waals surface area contributed by atoms with Gasteiger partial charge in [0.2, 0.25) is 5.91 Å². The molecule has 4 nitrogen and oxygen atoms in total. The van der Waals surface area contributed by atoms with Gasteiger partial charge in [-0.1, -0.05) is 12.2 Å². The maximum absolute atomic E-state index is 13.6. The van der Waals surface area contributed by atoms with Crippen LogP contribution < -0.4 is 5.32 Å². The van der Waals surface area contributed by atoms with Crippen molar-refractivity contribution in [3.05, 3.63) is 41.7 Å². The second-order valence-corrected chi connectivity index (χ2v) is 5.57. The van der Waals surface area contributed by atoms with Crippen molar-refractivity contribution >= 4 is 16.9 Å². The van der Waals surface area contributed by atoms with E-state index in [1.165, 1.54) is 6.07 Å². The number of amides is 1. The predicted octanol–water partition coefficient (Wildman–Crippen LogP) is 3.20. The molecule has 1 heterocycles. The second kappa shape index (κ2) is 6.25. The molecule has 0 radical (unpaired) electrons. The smallest absolute Gasteiger partial charge is 0.220 e. The first-order valence-electron chi connectivity index (χ1n) is 7.38. The topological polar surface area (TPSA) is 57.8 Å². The van der Waals surface area contributed by atoms with Crippen molar-refractivity contribution in [1.82, 2.24) is 15.3 Å². The maximum atomic E-state index is 13.6. The number of halogens is 2. The number of hydrogen-bond acceptors (Lipinski definition) is 2. The molecule has 22 heavy (non-hydrogen) atoms. The van der Waals surface area contributed by atoms with E-state index in [1.807, 2.05) is 0 Å². The Morgan fingerprint density at radius 1 is 1.36 bits per heavy atom. The van der Waals surface area contributed by atoms with Crippen molar-refractivity contribution in [2.75, 3.05) is 0 Å². The van der Waals surface area contributed by atoms with Crippen LogP contribution in [0.15, 0.2) is 24.3 Å². The summed E-state index contributed by atoms with van der Waals surface area (Å²) < 4.78 is 26.7. The lowest BCUT2D eigenvalue weighted by Crippen LogP contribution is -2.25. The van der Waals surface area contributed by atoms with Crippen molar-refractivity contribution in [2.45, 2.75) is 32.2 Å². The van der Waals surface area contributed by atoms with E-state index in [-0.39, 0.29) is 18.0 Å². The van der Waals surface area contributed by atoms with E-state index in [1.54, 1.807) is 0 Å². The third-order valence-corrected chi connectivity index (χ3v) is 3.90. The first-order valence-corrected chi connectivity index (χ1v) is 7.38. The summed E-state index contributed by atoms with van der Waals surface area (Å²) in [5, 5.41) is 2.77. The third kappa shape index (κ3) is 3.16. The van der Waals surface area contributed by atoms with Gasteiger partial charge in [0.05, 0.1) is 12.1 Å². The van der Waals surface area contributed by atoms with E-state index in [9.17, 15) is 13.6 Å². The van der Waals surface area contributed by atoms with Crippen molar-refractivity contribution in [1.29, 1.82) is 0 Å². The fraction of sp³-hybridized carbons (Fsp3) is 0.375. The molecular weight excluding hydrogens is 288 g/mol. The summed E-state index contributed by atoms with van der Waals surface area (Å²) in [6, 6.07) is 2.48. The highest BCUT2D eigenvalue weighted by atomic mass is 19.2. The van der Waals surface area contributed by atoms with Gasteiger partial charge >= 0.3 is 0 Å². The van der Waals surface area contributed by atoms with Crippen molar-refractivity contribution in [3.8, 4) is 0 Å². The van der Waals surface area contributed by atoms with E-state index < -0.39 is 11.6 Å². The van der Waals surface area contributed by atoms with Gasteiger partial charge in [0.25, 0.3) is 0 Å². The number of allylic oxidation sites excluding steroid dienone is 2. The number of carbonyl (C=O) groups is 1. The number of benzene rings is 1. The lowest BCUT2D eigenvalue weighted by Gasteiger charge is -2.16. The van der Waals surface area contributed by atoms with Gasteiger partial charge in [-0.15, -0.1) is 0 Å². The SMILES string of the molecule is O=C(C[C@@H]1CC=CCC1)NCc1nc2c(F)c(F)ccc2[nH]1. The average Bonchev–Trinajstić information content (AvgIpc) is 2.94. The van der Waals surface area contributed by atoms with Crippen LogP contribution >= 0.6 is 0 Å². The minimum Gasteiger partial charge on any atom is -0.349 e. The standard InChI is InChI=1S/C16H17F2N3O/c17-11-6-7-12-16(15(11)18)21-13(20-12)9-19-14(22)8-10-4-2-1-3-5-10/h1-2,6-7,10H,3-5,8-9H2,(H,19,22)(H,20,21)/t10-/m1/s1. The molecule has 116 valence electrons. The van der Waals surface area contributed by atoms with Crippen LogP contribution in [0, 0.1) is 17.6 Å². The first kappa shape index (κ1) is 14.7. The molecule has 1 atom stereocenters. The number of rotatable bonds is 4. The van der Waals surface area contributed by atoms with Crippen LogP contribution in [0.4, 0.5) is 8.78 Å². The largest absolute Gasteiger partial charge is 0.349 e. The molecular formula is C16H17F2N3O. The highest BCUT2D eigenvalue weighted by molar-refractivity contribution is 5.77. The van der Waals surface area contributed by atoms with Crippen LogP contribution in [0.5, 0.6) is 0 Å². The van der Waals surface area contributed by atoms with E-state index in [0.29, 0.717) is 23.7 Å². The van der Waals surface area contributed by atoms with Gasteiger partial charge in [0.15, 0.2) is 11.6 Å². The van der Waals surface area contributed by atoms with Crippen molar-refractivity contribution in [2.24, 2.45) is 5.92 Å². The quantitative estimate of drug-likeness (QED) is 0.852. The maximum Gasteiger partial charge on any atom is 0.220 e. The summed E-state index contributed by atoms with van der Waals surface area (Å²) in [7, 11) is 0. The monoisotopic (exact) mass is 305 g/mol. The van der Waals surface area contributed by atoms with E-state index in [2.05, 4.69) is 27.4 Å². The summed E-state index contributed by atoms with van der Waals surface area (Å²) in [5.74, 6) is -1.16. The zero-order valence-electron chi connectivity index (χ0n) is 12.0. The number of nitrogens with zero attached hydrogens (tertiary/aromatic N) is 1. The summed E-state index contributed by atoms with van der Waals surface area (Å²) >= 11 is 0. The highest BCUT2D eigenvalue weighted by Crippen LogP contribution is 2.21. The van der Waals surface area contributed by atoms with Gasteiger partial charge in [-0.25, -0.2) is 13.8 Å². The Hall–Kier alpha value is -2.24. The van der Waals surface area contributed by atoms with Crippen LogP contribution in [0.25, 0.3) is 11.0 Å². The van der Waals surface area contributed by atoms with Crippen molar-refractivity contribution in [3.63, 3.8) is 0 Å². The summed E-state index contributed by atoms with van der Waals surface area (Å²) in [6.45, 7) is 0.178. The number of H-pyrrole nitrogens is 1. The zero-order chi connectivity index (χ0) is 15.5. The number of nitrogens with one attached hydrogen (secondary N) is 2. The molecule has 1 aliphatic carbocycles. The highest BCUT2D eigenvalue weighted by Gasteiger charge is 2.15. The van der Waals surface area contributed by atoms with Gasteiger partial charge in [-0.3, -0.25) is 4.79 Å². The van der Waals surface area contributed by atoms with Crippen LogP contribution in [0.3, 0.4) is 0 Å². The van der Waals surface area contributed by atoms with Gasteiger partial charge in [0.1, 0.15) is 11.3 Å². The molecule has 0 unspecified atom stereocenters. The molecule has 0 saturated carbocycles. The molecule has 0 fully saturated rings. The molecule has 1 aromatic heterocycles. The number of hydrogen-bond donors (Lipinski definition) is 2. The zero-order valence-corrected chi connectivity index (χ0v) is 12.0. The second-order valence-electron chi connectivity index (χ2n) is 5.57. The Labute approximate surface area is 126 Å². The summed E-state index contributed by atoms with van der Waals surface area (Å²) in [6.07, 6.45) is 7.70. The Bertz CT molecular complexity index is 723. The van der Waals surface area contributed by atoms with Crippen molar-refractivity contribution < 1.29 is 13.6 Å². The minimum absolute atomic E-state index is 0.0401. The fourth-order valence-corrected chi connectivity index (χ4v) is 2.71.